The van der Waals surface area contributed by atoms with Gasteiger partial charge in [-0.15, -0.1) is 0 Å². The molecule has 1 aliphatic rings. The number of ether oxygens (including phenoxy) is 1. The van der Waals surface area contributed by atoms with E-state index in [1.54, 1.807) is 43.5 Å². The maximum atomic E-state index is 12.4. The summed E-state index contributed by atoms with van der Waals surface area (Å²) in [5.41, 5.74) is 3.05. The van der Waals surface area contributed by atoms with Crippen molar-refractivity contribution < 1.29 is 14.6 Å². The van der Waals surface area contributed by atoms with Gasteiger partial charge in [-0.3, -0.25) is 14.9 Å². The number of benzene rings is 2. The molecule has 2 heterocycles. The number of allylic oxidation sites excluding steroid dienone is 1. The summed E-state index contributed by atoms with van der Waals surface area (Å²) in [5, 5.41) is 13.2. The lowest BCUT2D eigenvalue weighted by Gasteiger charge is -2.06. The quantitative estimate of drug-likeness (QED) is 0.684. The lowest BCUT2D eigenvalue weighted by atomic mass is 10.1. The van der Waals surface area contributed by atoms with Crippen LogP contribution in [-0.2, 0) is 4.74 Å². The molecule has 0 aliphatic carbocycles. The van der Waals surface area contributed by atoms with Gasteiger partial charge in [0.05, 0.1) is 23.5 Å². The number of hydrogen-bond donors (Lipinski definition) is 2. The van der Waals surface area contributed by atoms with E-state index in [1.807, 2.05) is 24.3 Å². The van der Waals surface area contributed by atoms with Crippen molar-refractivity contribution in [3.8, 4) is 11.6 Å². The van der Waals surface area contributed by atoms with Crippen LogP contribution in [0.5, 0.6) is 5.88 Å². The van der Waals surface area contributed by atoms with Crippen LogP contribution in [0.25, 0.3) is 17.3 Å². The molecule has 2 aromatic carbocycles. The topological polar surface area (TPSA) is 96.7 Å². The van der Waals surface area contributed by atoms with Crippen LogP contribution >= 0.6 is 0 Å². The molecular weight excluding hydrogens is 358 g/mol. The Bertz CT molecular complexity index is 1170. The molecular formula is C21H17N3O4. The largest absolute Gasteiger partial charge is 0.493 e. The summed E-state index contributed by atoms with van der Waals surface area (Å²) >= 11 is 0. The van der Waals surface area contributed by atoms with Crippen molar-refractivity contribution in [2.45, 2.75) is 6.92 Å². The second-order valence-corrected chi connectivity index (χ2v) is 6.16. The van der Waals surface area contributed by atoms with Gasteiger partial charge in [0.2, 0.25) is 5.88 Å². The van der Waals surface area contributed by atoms with Crippen molar-refractivity contribution in [1.29, 1.82) is 0 Å². The van der Waals surface area contributed by atoms with E-state index in [-0.39, 0.29) is 18.1 Å². The number of aromatic nitrogens is 2. The number of nitrogens with zero attached hydrogens (tertiary/aromatic N) is 2. The van der Waals surface area contributed by atoms with Crippen molar-refractivity contribution in [3.63, 3.8) is 0 Å². The van der Waals surface area contributed by atoms with Crippen molar-refractivity contribution in [1.82, 2.24) is 9.78 Å². The number of aromatic hydroxyl groups is 1. The fourth-order valence-electron chi connectivity index (χ4n) is 3.02. The normalized spacial score (nSPS) is 13.7. The monoisotopic (exact) mass is 375 g/mol. The van der Waals surface area contributed by atoms with Crippen molar-refractivity contribution in [3.05, 3.63) is 75.6 Å². The molecule has 0 amide bonds. The molecule has 140 valence electrons. The Labute approximate surface area is 160 Å². The number of H-pyrrole nitrogens is 1. The summed E-state index contributed by atoms with van der Waals surface area (Å²) in [6, 6.07) is 13.9. The Balaban J connectivity index is 1.69. The van der Waals surface area contributed by atoms with Gasteiger partial charge in [-0.25, -0.2) is 9.48 Å². The molecule has 7 heteroatoms. The smallest absolute Gasteiger partial charge is 0.338 e. The third-order valence-electron chi connectivity index (χ3n) is 4.40. The van der Waals surface area contributed by atoms with Gasteiger partial charge in [-0.2, -0.15) is 0 Å². The van der Waals surface area contributed by atoms with Gasteiger partial charge in [-0.1, -0.05) is 18.2 Å². The van der Waals surface area contributed by atoms with E-state index in [0.717, 1.165) is 16.8 Å². The van der Waals surface area contributed by atoms with Gasteiger partial charge < -0.3 is 9.84 Å². The molecule has 0 atom stereocenters. The fraction of sp³-hybridized carbons (Fsp3) is 0.0952. The Morgan fingerprint density at radius 1 is 1.21 bits per heavy atom. The SMILES string of the molecule is CCOC(=O)c1ccc(-n2[nH]c(=O)c(C=C3C=Nc4ccccc43)c2O)cc1. The molecule has 3 aromatic rings. The highest BCUT2D eigenvalue weighted by Gasteiger charge is 2.17. The number of carbonyl (C=O) groups is 1. The van der Waals surface area contributed by atoms with E-state index in [4.69, 9.17) is 4.74 Å². The second-order valence-electron chi connectivity index (χ2n) is 6.16. The van der Waals surface area contributed by atoms with Crippen LogP contribution in [0, 0.1) is 0 Å². The number of aromatic amines is 1. The first-order valence-corrected chi connectivity index (χ1v) is 8.75. The number of aliphatic imine (C=N–C) groups is 1. The van der Waals surface area contributed by atoms with Crippen molar-refractivity contribution in [2.75, 3.05) is 6.61 Å². The Morgan fingerprint density at radius 2 is 1.96 bits per heavy atom. The predicted octanol–water partition coefficient (Wildman–Crippen LogP) is 3.30. The standard InChI is InChI=1S/C21H17N3O4/c1-2-28-21(27)13-7-9-15(10-8-13)24-20(26)17(19(25)23-24)11-14-12-22-18-6-4-3-5-16(14)18/h3-12,26H,2H2,1H3,(H,23,25). The zero-order chi connectivity index (χ0) is 19.7. The summed E-state index contributed by atoms with van der Waals surface area (Å²) in [6.07, 6.45) is 3.27. The zero-order valence-corrected chi connectivity index (χ0v) is 15.0. The molecule has 1 aliphatic heterocycles. The number of rotatable bonds is 4. The summed E-state index contributed by atoms with van der Waals surface area (Å²) < 4.78 is 6.22. The van der Waals surface area contributed by atoms with E-state index >= 15 is 0 Å². The van der Waals surface area contributed by atoms with Gasteiger partial charge in [0, 0.05) is 17.4 Å². The van der Waals surface area contributed by atoms with Crippen LogP contribution in [0.3, 0.4) is 0 Å². The van der Waals surface area contributed by atoms with E-state index in [0.29, 0.717) is 11.3 Å². The summed E-state index contributed by atoms with van der Waals surface area (Å²) in [4.78, 5) is 28.5. The average molecular weight is 375 g/mol. The molecule has 2 N–H and O–H groups in total. The summed E-state index contributed by atoms with van der Waals surface area (Å²) in [6.45, 7) is 2.02. The average Bonchev–Trinajstić information content (AvgIpc) is 3.24. The Morgan fingerprint density at radius 3 is 2.71 bits per heavy atom. The molecule has 0 spiro atoms. The minimum absolute atomic E-state index is 0.132. The molecule has 0 unspecified atom stereocenters. The number of nitrogens with one attached hydrogen (secondary N) is 1. The number of carbonyl (C=O) groups excluding carboxylic acids is 1. The van der Waals surface area contributed by atoms with E-state index in [2.05, 4.69) is 10.1 Å². The van der Waals surface area contributed by atoms with Crippen LogP contribution in [0.15, 0.2) is 58.3 Å². The highest BCUT2D eigenvalue weighted by atomic mass is 16.5. The minimum Gasteiger partial charge on any atom is -0.493 e. The van der Waals surface area contributed by atoms with Crippen LogP contribution in [-0.4, -0.2) is 33.7 Å². The Hall–Kier alpha value is -3.87. The molecule has 0 radical (unpaired) electrons. The summed E-state index contributed by atoms with van der Waals surface area (Å²) in [5.74, 6) is -0.650. The number of hydrogen-bond acceptors (Lipinski definition) is 5. The van der Waals surface area contributed by atoms with Crippen LogP contribution in [0.1, 0.15) is 28.4 Å². The molecule has 7 nitrogen and oxygen atoms in total. The fourth-order valence-corrected chi connectivity index (χ4v) is 3.02. The van der Waals surface area contributed by atoms with Crippen molar-refractivity contribution in [2.24, 2.45) is 4.99 Å². The Kier molecular flexibility index (Phi) is 4.41. The van der Waals surface area contributed by atoms with Gasteiger partial charge >= 0.3 is 5.97 Å². The molecule has 0 bridgehead atoms. The van der Waals surface area contributed by atoms with Gasteiger partial charge in [-0.05, 0) is 43.3 Å². The second kappa shape index (κ2) is 7.03. The lowest BCUT2D eigenvalue weighted by Crippen LogP contribution is -2.07. The zero-order valence-electron chi connectivity index (χ0n) is 15.0. The van der Waals surface area contributed by atoms with E-state index in [9.17, 15) is 14.7 Å². The minimum atomic E-state index is -0.433. The highest BCUT2D eigenvalue weighted by molar-refractivity contribution is 6.21. The molecule has 1 aromatic heterocycles. The lowest BCUT2D eigenvalue weighted by molar-refractivity contribution is 0.0526. The molecule has 28 heavy (non-hydrogen) atoms. The maximum absolute atomic E-state index is 12.4. The first-order chi connectivity index (χ1) is 13.6. The van der Waals surface area contributed by atoms with E-state index < -0.39 is 11.5 Å². The van der Waals surface area contributed by atoms with Crippen LogP contribution in [0.4, 0.5) is 5.69 Å². The van der Waals surface area contributed by atoms with Crippen LogP contribution in [0.2, 0.25) is 0 Å². The predicted molar refractivity (Wildman–Crippen MR) is 106 cm³/mol. The number of fused-ring (bicyclic) bond motifs is 1. The summed E-state index contributed by atoms with van der Waals surface area (Å²) in [7, 11) is 0. The van der Waals surface area contributed by atoms with Gasteiger partial charge in [0.15, 0.2) is 0 Å². The third-order valence-corrected chi connectivity index (χ3v) is 4.40. The van der Waals surface area contributed by atoms with Crippen molar-refractivity contribution >= 4 is 29.5 Å². The maximum Gasteiger partial charge on any atom is 0.338 e. The first kappa shape index (κ1) is 17.5. The number of esters is 1. The third kappa shape index (κ3) is 3.03. The molecule has 0 saturated carbocycles. The molecule has 0 saturated heterocycles. The van der Waals surface area contributed by atoms with E-state index in [1.165, 1.54) is 4.68 Å². The molecule has 0 fully saturated rings. The van der Waals surface area contributed by atoms with Gasteiger partial charge in [0.25, 0.3) is 5.56 Å². The number of para-hydroxylation sites is 1. The molecule has 4 rings (SSSR count). The van der Waals surface area contributed by atoms with Crippen LogP contribution < -0.4 is 5.56 Å². The first-order valence-electron chi connectivity index (χ1n) is 8.75. The highest BCUT2D eigenvalue weighted by Crippen LogP contribution is 2.33. The van der Waals surface area contributed by atoms with Gasteiger partial charge in [0.1, 0.15) is 5.56 Å².